The predicted molar refractivity (Wildman–Crippen MR) is 84.3 cm³/mol. The van der Waals surface area contributed by atoms with Crippen molar-refractivity contribution in [3.63, 3.8) is 0 Å². The van der Waals surface area contributed by atoms with Crippen molar-refractivity contribution in [1.82, 2.24) is 9.97 Å². The Morgan fingerprint density at radius 3 is 2.43 bits per heavy atom. The molecule has 1 aromatic heterocycles. The minimum Gasteiger partial charge on any atom is -0.497 e. The molecule has 0 fully saturated rings. The Hall–Kier alpha value is -2.34. The van der Waals surface area contributed by atoms with Crippen molar-refractivity contribution in [3.8, 4) is 5.75 Å². The molecule has 6 nitrogen and oxygen atoms in total. The van der Waals surface area contributed by atoms with Crippen molar-refractivity contribution >= 4 is 11.6 Å². The molecule has 1 heterocycles. The van der Waals surface area contributed by atoms with Crippen LogP contribution in [0, 0.1) is 0 Å². The van der Waals surface area contributed by atoms with Crippen molar-refractivity contribution in [2.75, 3.05) is 17.9 Å². The summed E-state index contributed by atoms with van der Waals surface area (Å²) in [5.74, 6) is 7.78. The van der Waals surface area contributed by atoms with Crippen LogP contribution in [0.15, 0.2) is 30.6 Å². The average Bonchev–Trinajstić information content (AvgIpc) is 2.54. The van der Waals surface area contributed by atoms with E-state index >= 15 is 0 Å². The third-order valence-corrected chi connectivity index (χ3v) is 3.40. The fourth-order valence-electron chi connectivity index (χ4n) is 2.18. The van der Waals surface area contributed by atoms with Gasteiger partial charge in [-0.2, -0.15) is 0 Å². The predicted octanol–water partition coefficient (Wildman–Crippen LogP) is 2.51. The zero-order chi connectivity index (χ0) is 15.2. The highest BCUT2D eigenvalue weighted by atomic mass is 16.5. The second-order valence-corrected chi connectivity index (χ2v) is 4.69. The summed E-state index contributed by atoms with van der Waals surface area (Å²) in [5.41, 5.74) is 4.73. The van der Waals surface area contributed by atoms with Gasteiger partial charge in [-0.25, -0.2) is 15.8 Å². The summed E-state index contributed by atoms with van der Waals surface area (Å²) in [4.78, 5) is 8.44. The summed E-state index contributed by atoms with van der Waals surface area (Å²) >= 11 is 0. The first-order valence-electron chi connectivity index (χ1n) is 6.90. The molecular weight excluding hydrogens is 266 g/mol. The van der Waals surface area contributed by atoms with E-state index in [9.17, 15) is 0 Å². The molecule has 21 heavy (non-hydrogen) atoms. The van der Waals surface area contributed by atoms with Crippen molar-refractivity contribution in [2.45, 2.75) is 26.3 Å². The first-order chi connectivity index (χ1) is 10.2. The van der Waals surface area contributed by atoms with Crippen LogP contribution in [0.5, 0.6) is 5.75 Å². The summed E-state index contributed by atoms with van der Waals surface area (Å²) in [7, 11) is 1.66. The van der Waals surface area contributed by atoms with Crippen LogP contribution in [0.3, 0.4) is 0 Å². The molecule has 1 unspecified atom stereocenters. The fraction of sp³-hybridized carbons (Fsp3) is 0.333. The van der Waals surface area contributed by atoms with E-state index in [2.05, 4.69) is 27.6 Å². The second kappa shape index (κ2) is 6.90. The standard InChI is InChI=1S/C15H21N5O/c1-4-13-14(17-9-18-15(13)20-16)19-10(2)11-5-7-12(21-3)8-6-11/h5-10H,4,16H2,1-3H3,(H2,17,18,19,20). The van der Waals surface area contributed by atoms with Crippen molar-refractivity contribution in [1.29, 1.82) is 0 Å². The van der Waals surface area contributed by atoms with Gasteiger partial charge in [0, 0.05) is 11.6 Å². The van der Waals surface area contributed by atoms with Gasteiger partial charge in [0.1, 0.15) is 23.7 Å². The smallest absolute Gasteiger partial charge is 0.148 e. The van der Waals surface area contributed by atoms with E-state index in [1.807, 2.05) is 31.2 Å². The quantitative estimate of drug-likeness (QED) is 0.559. The third kappa shape index (κ3) is 3.41. The molecule has 0 aliphatic heterocycles. The Morgan fingerprint density at radius 2 is 1.86 bits per heavy atom. The number of nitrogens with two attached hydrogens (primary N) is 1. The zero-order valence-electron chi connectivity index (χ0n) is 12.6. The number of nitrogen functional groups attached to an aromatic ring is 1. The van der Waals surface area contributed by atoms with Gasteiger partial charge in [-0.05, 0) is 31.0 Å². The van der Waals surface area contributed by atoms with Gasteiger partial charge in [0.15, 0.2) is 0 Å². The SMILES string of the molecule is CCc1c(NN)ncnc1NC(C)c1ccc(OC)cc1. The molecule has 0 radical (unpaired) electrons. The van der Waals surface area contributed by atoms with Gasteiger partial charge >= 0.3 is 0 Å². The molecule has 4 N–H and O–H groups in total. The molecule has 0 saturated heterocycles. The normalized spacial score (nSPS) is 11.8. The minimum atomic E-state index is 0.113. The Bertz CT molecular complexity index is 585. The summed E-state index contributed by atoms with van der Waals surface area (Å²) in [6.07, 6.45) is 2.29. The van der Waals surface area contributed by atoms with Gasteiger partial charge in [0.25, 0.3) is 0 Å². The lowest BCUT2D eigenvalue weighted by Crippen LogP contribution is -2.15. The van der Waals surface area contributed by atoms with Gasteiger partial charge in [0.05, 0.1) is 7.11 Å². The molecule has 6 heteroatoms. The molecule has 2 rings (SSSR count). The first kappa shape index (κ1) is 15.1. The molecule has 0 saturated carbocycles. The van der Waals surface area contributed by atoms with Gasteiger partial charge in [0.2, 0.25) is 0 Å². The lowest BCUT2D eigenvalue weighted by atomic mass is 10.1. The molecule has 1 atom stereocenters. The van der Waals surface area contributed by atoms with E-state index in [4.69, 9.17) is 10.6 Å². The van der Waals surface area contributed by atoms with E-state index in [0.29, 0.717) is 5.82 Å². The highest BCUT2D eigenvalue weighted by Gasteiger charge is 2.12. The molecule has 0 aliphatic carbocycles. The first-order valence-corrected chi connectivity index (χ1v) is 6.90. The minimum absolute atomic E-state index is 0.113. The average molecular weight is 287 g/mol. The number of nitrogens with zero attached hydrogens (tertiary/aromatic N) is 2. The Morgan fingerprint density at radius 1 is 1.19 bits per heavy atom. The monoisotopic (exact) mass is 287 g/mol. The van der Waals surface area contributed by atoms with Gasteiger partial charge < -0.3 is 15.5 Å². The second-order valence-electron chi connectivity index (χ2n) is 4.69. The van der Waals surface area contributed by atoms with Crippen molar-refractivity contribution in [3.05, 3.63) is 41.7 Å². The van der Waals surface area contributed by atoms with E-state index < -0.39 is 0 Å². The zero-order valence-corrected chi connectivity index (χ0v) is 12.6. The molecule has 0 amide bonds. The van der Waals surface area contributed by atoms with Crippen molar-refractivity contribution in [2.24, 2.45) is 5.84 Å². The summed E-state index contributed by atoms with van der Waals surface area (Å²) in [6, 6.07) is 8.07. The molecule has 1 aromatic carbocycles. The highest BCUT2D eigenvalue weighted by molar-refractivity contribution is 5.57. The van der Waals surface area contributed by atoms with Crippen LogP contribution in [-0.4, -0.2) is 17.1 Å². The molecule has 0 bridgehead atoms. The van der Waals surface area contributed by atoms with Crippen LogP contribution < -0.4 is 21.3 Å². The molecule has 2 aromatic rings. The molecule has 0 spiro atoms. The topological polar surface area (TPSA) is 85.1 Å². The van der Waals surface area contributed by atoms with Crippen LogP contribution >= 0.6 is 0 Å². The van der Waals surface area contributed by atoms with E-state index in [1.54, 1.807) is 7.11 Å². The maximum absolute atomic E-state index is 5.49. The largest absolute Gasteiger partial charge is 0.497 e. The van der Waals surface area contributed by atoms with E-state index in [-0.39, 0.29) is 6.04 Å². The maximum Gasteiger partial charge on any atom is 0.148 e. The van der Waals surface area contributed by atoms with Crippen LogP contribution in [0.4, 0.5) is 11.6 Å². The van der Waals surface area contributed by atoms with Gasteiger partial charge in [-0.15, -0.1) is 0 Å². The van der Waals surface area contributed by atoms with Gasteiger partial charge in [-0.1, -0.05) is 19.1 Å². The van der Waals surface area contributed by atoms with E-state index in [1.165, 1.54) is 6.33 Å². The Balaban J connectivity index is 2.20. The number of methoxy groups -OCH3 is 1. The summed E-state index contributed by atoms with van der Waals surface area (Å²) in [5, 5.41) is 3.40. The van der Waals surface area contributed by atoms with Gasteiger partial charge in [-0.3, -0.25) is 0 Å². The van der Waals surface area contributed by atoms with Crippen molar-refractivity contribution < 1.29 is 4.74 Å². The molecule has 112 valence electrons. The van der Waals surface area contributed by atoms with Crippen LogP contribution in [0.25, 0.3) is 0 Å². The number of rotatable bonds is 6. The summed E-state index contributed by atoms with van der Waals surface area (Å²) in [6.45, 7) is 4.13. The molecule has 0 aliphatic rings. The number of aromatic nitrogens is 2. The number of hydrazine groups is 1. The van der Waals surface area contributed by atoms with Crippen LogP contribution in [-0.2, 0) is 6.42 Å². The Kier molecular flexibility index (Phi) is 4.94. The number of anilines is 2. The third-order valence-electron chi connectivity index (χ3n) is 3.40. The summed E-state index contributed by atoms with van der Waals surface area (Å²) < 4.78 is 5.17. The van der Waals surface area contributed by atoms with Crippen LogP contribution in [0.1, 0.15) is 31.0 Å². The van der Waals surface area contributed by atoms with E-state index in [0.717, 1.165) is 29.1 Å². The number of benzene rings is 1. The highest BCUT2D eigenvalue weighted by Crippen LogP contribution is 2.25. The maximum atomic E-state index is 5.49. The fourth-order valence-corrected chi connectivity index (χ4v) is 2.18. The number of hydrogen-bond acceptors (Lipinski definition) is 6. The van der Waals surface area contributed by atoms with Crippen LogP contribution in [0.2, 0.25) is 0 Å². The Labute approximate surface area is 124 Å². The number of nitrogens with one attached hydrogen (secondary N) is 2. The number of ether oxygens (including phenoxy) is 1. The lowest BCUT2D eigenvalue weighted by molar-refractivity contribution is 0.414. The lowest BCUT2D eigenvalue weighted by Gasteiger charge is -2.18. The number of hydrogen-bond donors (Lipinski definition) is 3. The molecular formula is C15H21N5O.